The van der Waals surface area contributed by atoms with Crippen molar-refractivity contribution in [1.82, 2.24) is 10.0 Å². The van der Waals surface area contributed by atoms with E-state index in [4.69, 9.17) is 4.74 Å². The van der Waals surface area contributed by atoms with Crippen molar-refractivity contribution in [3.63, 3.8) is 0 Å². The first kappa shape index (κ1) is 27.9. The number of nitrogens with one attached hydrogen (secondary N) is 2. The minimum Gasteiger partial charge on any atom is -0.497 e. The molecule has 0 heterocycles. The molecule has 3 aromatic carbocycles. The number of sulfonamides is 1. The van der Waals surface area contributed by atoms with Gasteiger partial charge in [0.05, 0.1) is 18.6 Å². The van der Waals surface area contributed by atoms with E-state index in [9.17, 15) is 18.0 Å². The van der Waals surface area contributed by atoms with Crippen molar-refractivity contribution in [1.29, 1.82) is 0 Å². The van der Waals surface area contributed by atoms with Crippen molar-refractivity contribution in [2.45, 2.75) is 38.1 Å². The van der Waals surface area contributed by atoms with Crippen LogP contribution in [0.3, 0.4) is 0 Å². The van der Waals surface area contributed by atoms with Crippen LogP contribution in [0, 0.1) is 20.8 Å². The van der Waals surface area contributed by atoms with Crippen LogP contribution in [0.2, 0.25) is 0 Å². The van der Waals surface area contributed by atoms with Crippen molar-refractivity contribution < 1.29 is 22.7 Å². The van der Waals surface area contributed by atoms with Crippen molar-refractivity contribution >= 4 is 27.5 Å². The molecular formula is C28H33N3O5S. The van der Waals surface area contributed by atoms with E-state index in [1.807, 2.05) is 37.3 Å². The molecule has 0 unspecified atom stereocenters. The van der Waals surface area contributed by atoms with Gasteiger partial charge in [0.2, 0.25) is 21.8 Å². The van der Waals surface area contributed by atoms with Gasteiger partial charge in [0.25, 0.3) is 0 Å². The monoisotopic (exact) mass is 523 g/mol. The van der Waals surface area contributed by atoms with E-state index in [-0.39, 0.29) is 17.2 Å². The Balaban J connectivity index is 1.76. The third kappa shape index (κ3) is 7.18. The van der Waals surface area contributed by atoms with Gasteiger partial charge in [-0.25, -0.2) is 13.1 Å². The van der Waals surface area contributed by atoms with Crippen molar-refractivity contribution in [3.8, 4) is 5.75 Å². The number of amides is 2. The van der Waals surface area contributed by atoms with Crippen molar-refractivity contribution in [2.24, 2.45) is 0 Å². The highest BCUT2D eigenvalue weighted by Crippen LogP contribution is 2.22. The summed E-state index contributed by atoms with van der Waals surface area (Å²) in [6, 6.07) is 18.9. The van der Waals surface area contributed by atoms with Crippen LogP contribution in [0.1, 0.15) is 22.3 Å². The molecule has 8 nitrogen and oxygen atoms in total. The van der Waals surface area contributed by atoms with Gasteiger partial charge in [0, 0.05) is 19.2 Å². The molecule has 0 aromatic heterocycles. The van der Waals surface area contributed by atoms with Gasteiger partial charge >= 0.3 is 0 Å². The Labute approximate surface area is 218 Å². The van der Waals surface area contributed by atoms with E-state index in [2.05, 4.69) is 10.0 Å². The molecule has 0 aliphatic carbocycles. The second kappa shape index (κ2) is 12.0. The second-order valence-corrected chi connectivity index (χ2v) is 10.7. The van der Waals surface area contributed by atoms with Crippen LogP contribution >= 0.6 is 0 Å². The number of methoxy groups -OCH3 is 1. The fraction of sp³-hybridized carbons (Fsp3) is 0.286. The average Bonchev–Trinajstić information content (AvgIpc) is 2.86. The van der Waals surface area contributed by atoms with Crippen molar-refractivity contribution in [3.05, 3.63) is 89.0 Å². The third-order valence-electron chi connectivity index (χ3n) is 6.00. The molecule has 0 bridgehead atoms. The number of hydrogen-bond acceptors (Lipinski definition) is 5. The molecule has 1 atom stereocenters. The first-order chi connectivity index (χ1) is 17.5. The highest BCUT2D eigenvalue weighted by Gasteiger charge is 2.27. The lowest BCUT2D eigenvalue weighted by atomic mass is 10.0. The number of likely N-dealkylation sites (N-methyl/N-ethyl adjacent to an activating group) is 1. The molecule has 37 heavy (non-hydrogen) atoms. The first-order valence-corrected chi connectivity index (χ1v) is 13.3. The van der Waals surface area contributed by atoms with Crippen LogP contribution in [-0.2, 0) is 26.0 Å². The molecule has 0 saturated carbocycles. The summed E-state index contributed by atoms with van der Waals surface area (Å²) in [6.45, 7) is 4.83. The summed E-state index contributed by atoms with van der Waals surface area (Å²) >= 11 is 0. The number of rotatable bonds is 10. The number of anilines is 1. The predicted octanol–water partition coefficient (Wildman–Crippen LogP) is 3.29. The Morgan fingerprint density at radius 1 is 0.946 bits per heavy atom. The summed E-state index contributed by atoms with van der Waals surface area (Å²) in [5, 5.41) is 2.72. The molecule has 0 aliphatic heterocycles. The summed E-state index contributed by atoms with van der Waals surface area (Å²) in [7, 11) is -0.747. The van der Waals surface area contributed by atoms with Crippen LogP contribution in [0.25, 0.3) is 0 Å². The van der Waals surface area contributed by atoms with E-state index in [0.717, 1.165) is 11.1 Å². The molecule has 0 saturated heterocycles. The molecule has 9 heteroatoms. The molecule has 0 aliphatic rings. The van der Waals surface area contributed by atoms with Gasteiger partial charge in [-0.1, -0.05) is 48.0 Å². The lowest BCUT2D eigenvalue weighted by Gasteiger charge is -2.25. The average molecular weight is 524 g/mol. The number of hydrogen-bond donors (Lipinski definition) is 2. The van der Waals surface area contributed by atoms with Crippen LogP contribution in [0.4, 0.5) is 5.69 Å². The Morgan fingerprint density at radius 2 is 1.54 bits per heavy atom. The molecular weight excluding hydrogens is 490 g/mol. The summed E-state index contributed by atoms with van der Waals surface area (Å²) in [5.74, 6) is -0.288. The minimum atomic E-state index is -3.93. The summed E-state index contributed by atoms with van der Waals surface area (Å²) < 4.78 is 33.5. The maximum atomic E-state index is 13.4. The van der Waals surface area contributed by atoms with Crippen LogP contribution in [-0.4, -0.2) is 47.0 Å². The van der Waals surface area contributed by atoms with Gasteiger partial charge < -0.3 is 15.0 Å². The topological polar surface area (TPSA) is 105 Å². The molecule has 3 aromatic rings. The van der Waals surface area contributed by atoms with Gasteiger partial charge in [-0.15, -0.1) is 0 Å². The van der Waals surface area contributed by atoms with E-state index in [1.54, 1.807) is 64.4 Å². The van der Waals surface area contributed by atoms with Crippen LogP contribution in [0.15, 0.2) is 71.6 Å². The number of benzene rings is 3. The summed E-state index contributed by atoms with van der Waals surface area (Å²) in [6.07, 6.45) is 0.245. The Morgan fingerprint density at radius 3 is 2.11 bits per heavy atom. The molecule has 0 radical (unpaired) electrons. The van der Waals surface area contributed by atoms with E-state index in [1.165, 1.54) is 4.90 Å². The van der Waals surface area contributed by atoms with E-state index >= 15 is 0 Å². The summed E-state index contributed by atoms with van der Waals surface area (Å²) in [5.41, 5.74) is 3.64. The lowest BCUT2D eigenvalue weighted by molar-refractivity contribution is -0.126. The lowest BCUT2D eigenvalue weighted by Crippen LogP contribution is -2.51. The Kier molecular flexibility index (Phi) is 9.07. The number of aryl methyl sites for hydroxylation is 3. The number of carbonyl (C=O) groups is 2. The SMILES string of the molecule is COc1ccc(N(C)C(=O)[C@H](Cc2ccccc2)NC(=O)CNS(=O)(=O)c2c(C)cc(C)cc2C)cc1. The minimum absolute atomic E-state index is 0.155. The van der Waals surface area contributed by atoms with Gasteiger partial charge in [0.15, 0.2) is 0 Å². The fourth-order valence-corrected chi connectivity index (χ4v) is 5.72. The smallest absolute Gasteiger partial charge is 0.249 e. The largest absolute Gasteiger partial charge is 0.497 e. The zero-order valence-corrected chi connectivity index (χ0v) is 22.6. The molecule has 2 N–H and O–H groups in total. The van der Waals surface area contributed by atoms with E-state index in [0.29, 0.717) is 22.6 Å². The van der Waals surface area contributed by atoms with Gasteiger partial charge in [0.1, 0.15) is 11.8 Å². The second-order valence-electron chi connectivity index (χ2n) is 8.96. The zero-order valence-electron chi connectivity index (χ0n) is 21.7. The fourth-order valence-electron chi connectivity index (χ4n) is 4.29. The Hall–Kier alpha value is -3.69. The molecule has 0 fully saturated rings. The van der Waals surface area contributed by atoms with Crippen LogP contribution in [0.5, 0.6) is 5.75 Å². The maximum Gasteiger partial charge on any atom is 0.249 e. The molecule has 3 rings (SSSR count). The number of carbonyl (C=O) groups excluding carboxylic acids is 2. The maximum absolute atomic E-state index is 13.4. The van der Waals surface area contributed by atoms with Crippen LogP contribution < -0.4 is 19.7 Å². The molecule has 0 spiro atoms. The molecule has 196 valence electrons. The van der Waals surface area contributed by atoms with Gasteiger partial charge in [-0.05, 0) is 61.7 Å². The highest BCUT2D eigenvalue weighted by molar-refractivity contribution is 7.89. The normalized spacial score (nSPS) is 12.0. The Bertz CT molecular complexity index is 1330. The quantitative estimate of drug-likeness (QED) is 0.424. The van der Waals surface area contributed by atoms with Gasteiger partial charge in [-0.3, -0.25) is 9.59 Å². The third-order valence-corrected chi connectivity index (χ3v) is 7.71. The number of nitrogens with zero attached hydrogens (tertiary/aromatic N) is 1. The standard InChI is InChI=1S/C28H33N3O5S/c1-19-15-20(2)27(21(3)16-19)37(34,35)29-18-26(32)30-25(17-22-9-7-6-8-10-22)28(33)31(4)23-11-13-24(36-5)14-12-23/h6-16,25,29H,17-18H2,1-5H3,(H,30,32)/t25-/m0/s1. The predicted molar refractivity (Wildman–Crippen MR) is 144 cm³/mol. The number of ether oxygens (including phenoxy) is 1. The summed E-state index contributed by atoms with van der Waals surface area (Å²) in [4.78, 5) is 27.9. The molecule has 2 amide bonds. The highest BCUT2D eigenvalue weighted by atomic mass is 32.2. The zero-order chi connectivity index (χ0) is 27.2. The first-order valence-electron chi connectivity index (χ1n) is 11.8. The van der Waals surface area contributed by atoms with Gasteiger partial charge in [-0.2, -0.15) is 0 Å². The van der Waals surface area contributed by atoms with Crippen molar-refractivity contribution in [2.75, 3.05) is 25.6 Å². The van der Waals surface area contributed by atoms with E-state index < -0.39 is 28.5 Å².